The van der Waals surface area contributed by atoms with E-state index in [-0.39, 0.29) is 11.9 Å². The molecule has 1 aromatic heterocycles. The molecule has 0 saturated carbocycles. The summed E-state index contributed by atoms with van der Waals surface area (Å²) in [4.78, 5) is 16.1. The van der Waals surface area contributed by atoms with Crippen molar-refractivity contribution in [2.45, 2.75) is 6.04 Å². The lowest BCUT2D eigenvalue weighted by atomic mass is 10.0. The van der Waals surface area contributed by atoms with Crippen molar-refractivity contribution in [3.8, 4) is 0 Å². The predicted molar refractivity (Wildman–Crippen MR) is 67.7 cm³/mol. The van der Waals surface area contributed by atoms with Gasteiger partial charge in [-0.2, -0.15) is 0 Å². The fraction of sp³-hybridized carbons (Fsp3) is 0.0769. The van der Waals surface area contributed by atoms with Gasteiger partial charge in [0.1, 0.15) is 0 Å². The van der Waals surface area contributed by atoms with E-state index < -0.39 is 0 Å². The lowest BCUT2D eigenvalue weighted by Gasteiger charge is -2.11. The highest BCUT2D eigenvalue weighted by Gasteiger charge is 2.30. The largest absolute Gasteiger partial charge is 0.339 e. The number of carbonyl (C=O) groups excluding carboxylic acids is 1. The molecule has 0 spiro atoms. The molecule has 3 rings (SSSR count). The highest BCUT2D eigenvalue weighted by atomic mass is 79.9. The summed E-state index contributed by atoms with van der Waals surface area (Å²) in [5, 5.41) is 2.94. The number of hydrogen-bond donors (Lipinski definition) is 1. The van der Waals surface area contributed by atoms with Crippen LogP contribution in [0.2, 0.25) is 0 Å². The molecule has 84 valence electrons. The van der Waals surface area contributed by atoms with Crippen LogP contribution >= 0.6 is 15.9 Å². The van der Waals surface area contributed by atoms with E-state index in [0.29, 0.717) is 5.56 Å². The van der Waals surface area contributed by atoms with Crippen molar-refractivity contribution in [1.82, 2.24) is 10.3 Å². The molecular weight excluding hydrogens is 280 g/mol. The van der Waals surface area contributed by atoms with Gasteiger partial charge in [-0.1, -0.05) is 28.1 Å². The van der Waals surface area contributed by atoms with Gasteiger partial charge in [-0.15, -0.1) is 0 Å². The molecule has 0 bridgehead atoms. The van der Waals surface area contributed by atoms with E-state index in [9.17, 15) is 4.79 Å². The van der Waals surface area contributed by atoms with Crippen molar-refractivity contribution in [3.05, 3.63) is 63.9 Å². The molecule has 0 aliphatic carbocycles. The number of nitrogens with one attached hydrogen (secondary N) is 1. The van der Waals surface area contributed by atoms with E-state index in [1.165, 1.54) is 0 Å². The molecule has 2 heterocycles. The average Bonchev–Trinajstić information content (AvgIpc) is 2.69. The topological polar surface area (TPSA) is 42.0 Å². The predicted octanol–water partition coefficient (Wildman–Crippen LogP) is 2.68. The number of carbonyl (C=O) groups is 1. The quantitative estimate of drug-likeness (QED) is 0.877. The van der Waals surface area contributed by atoms with E-state index in [1.54, 1.807) is 18.3 Å². The Morgan fingerprint density at radius 3 is 2.71 bits per heavy atom. The standard InChI is InChI=1S/C13H9BrN2O/c14-9-5-3-8(4-6-9)11-12-10(13(17)16-11)2-1-7-15-12/h1-7,11H,(H,16,17). The molecule has 3 nitrogen and oxygen atoms in total. The van der Waals surface area contributed by atoms with Crippen molar-refractivity contribution >= 4 is 21.8 Å². The van der Waals surface area contributed by atoms with Crippen LogP contribution < -0.4 is 5.32 Å². The summed E-state index contributed by atoms with van der Waals surface area (Å²) in [7, 11) is 0. The van der Waals surface area contributed by atoms with Crippen LogP contribution in [-0.4, -0.2) is 10.9 Å². The van der Waals surface area contributed by atoms with Crippen LogP contribution in [-0.2, 0) is 0 Å². The number of aromatic nitrogens is 1. The molecule has 1 aliphatic heterocycles. The third-order valence-electron chi connectivity index (χ3n) is 2.84. The zero-order valence-electron chi connectivity index (χ0n) is 8.85. The van der Waals surface area contributed by atoms with Gasteiger partial charge in [0.25, 0.3) is 5.91 Å². The van der Waals surface area contributed by atoms with Crippen molar-refractivity contribution < 1.29 is 4.79 Å². The average molecular weight is 289 g/mol. The minimum Gasteiger partial charge on any atom is -0.339 e. The first kappa shape index (κ1) is 10.5. The number of fused-ring (bicyclic) bond motifs is 1. The van der Waals surface area contributed by atoms with Crippen molar-refractivity contribution in [1.29, 1.82) is 0 Å². The van der Waals surface area contributed by atoms with Crippen LogP contribution in [0.15, 0.2) is 47.1 Å². The number of pyridine rings is 1. The van der Waals surface area contributed by atoms with E-state index in [0.717, 1.165) is 15.7 Å². The van der Waals surface area contributed by atoms with Gasteiger partial charge in [0.15, 0.2) is 0 Å². The summed E-state index contributed by atoms with van der Waals surface area (Å²) in [5.41, 5.74) is 2.51. The third-order valence-corrected chi connectivity index (χ3v) is 3.36. The number of nitrogens with zero attached hydrogens (tertiary/aromatic N) is 1. The van der Waals surface area contributed by atoms with Gasteiger partial charge in [0.05, 0.1) is 17.3 Å². The molecule has 2 aromatic rings. The van der Waals surface area contributed by atoms with Crippen LogP contribution in [0.5, 0.6) is 0 Å². The van der Waals surface area contributed by atoms with Gasteiger partial charge in [0, 0.05) is 10.7 Å². The minimum absolute atomic E-state index is 0.0546. The van der Waals surface area contributed by atoms with E-state index in [1.807, 2.05) is 24.3 Å². The SMILES string of the molecule is O=C1NC(c2ccc(Br)cc2)c2ncccc21. The first-order chi connectivity index (χ1) is 8.25. The Morgan fingerprint density at radius 2 is 1.94 bits per heavy atom. The van der Waals surface area contributed by atoms with E-state index in [4.69, 9.17) is 0 Å². The summed E-state index contributed by atoms with van der Waals surface area (Å²) < 4.78 is 1.02. The summed E-state index contributed by atoms with van der Waals surface area (Å²) in [6, 6.07) is 11.3. The zero-order valence-corrected chi connectivity index (χ0v) is 10.4. The molecule has 0 radical (unpaired) electrons. The summed E-state index contributed by atoms with van der Waals surface area (Å²) >= 11 is 3.39. The Morgan fingerprint density at radius 1 is 1.18 bits per heavy atom. The van der Waals surface area contributed by atoms with Crippen LogP contribution in [0.25, 0.3) is 0 Å². The molecule has 0 saturated heterocycles. The van der Waals surface area contributed by atoms with Gasteiger partial charge in [-0.25, -0.2) is 0 Å². The number of benzene rings is 1. The summed E-state index contributed by atoms with van der Waals surface area (Å²) in [6.45, 7) is 0. The molecule has 0 fully saturated rings. The number of rotatable bonds is 1. The zero-order chi connectivity index (χ0) is 11.8. The third kappa shape index (κ3) is 1.74. The van der Waals surface area contributed by atoms with Gasteiger partial charge >= 0.3 is 0 Å². The maximum Gasteiger partial charge on any atom is 0.254 e. The monoisotopic (exact) mass is 288 g/mol. The molecule has 4 heteroatoms. The van der Waals surface area contributed by atoms with Gasteiger partial charge in [-0.05, 0) is 29.8 Å². The Labute approximate surface area is 107 Å². The second kappa shape index (κ2) is 3.96. The number of halogens is 1. The van der Waals surface area contributed by atoms with Gasteiger partial charge in [-0.3, -0.25) is 9.78 Å². The molecule has 17 heavy (non-hydrogen) atoms. The summed E-state index contributed by atoms with van der Waals surface area (Å²) in [6.07, 6.45) is 1.71. The fourth-order valence-electron chi connectivity index (χ4n) is 2.01. The Balaban J connectivity index is 2.07. The maximum atomic E-state index is 11.8. The first-order valence-corrected chi connectivity index (χ1v) is 6.06. The summed E-state index contributed by atoms with van der Waals surface area (Å²) in [5.74, 6) is -0.0546. The number of hydrogen-bond acceptors (Lipinski definition) is 2. The lowest BCUT2D eigenvalue weighted by Crippen LogP contribution is -2.19. The fourth-order valence-corrected chi connectivity index (χ4v) is 2.28. The molecule has 1 amide bonds. The number of amides is 1. The van der Waals surface area contributed by atoms with Gasteiger partial charge in [0.2, 0.25) is 0 Å². The molecule has 1 aliphatic rings. The first-order valence-electron chi connectivity index (χ1n) is 5.27. The molecule has 1 N–H and O–H groups in total. The highest BCUT2D eigenvalue weighted by Crippen LogP contribution is 2.29. The minimum atomic E-state index is -0.133. The van der Waals surface area contributed by atoms with Crippen molar-refractivity contribution in [2.75, 3.05) is 0 Å². The molecule has 1 aromatic carbocycles. The second-order valence-corrected chi connectivity index (χ2v) is 4.81. The smallest absolute Gasteiger partial charge is 0.254 e. The van der Waals surface area contributed by atoms with E-state index >= 15 is 0 Å². The second-order valence-electron chi connectivity index (χ2n) is 3.89. The molecule has 1 atom stereocenters. The van der Waals surface area contributed by atoms with Crippen LogP contribution in [0, 0.1) is 0 Å². The van der Waals surface area contributed by atoms with Crippen LogP contribution in [0.1, 0.15) is 27.7 Å². The van der Waals surface area contributed by atoms with Crippen molar-refractivity contribution in [2.24, 2.45) is 0 Å². The molecule has 1 unspecified atom stereocenters. The van der Waals surface area contributed by atoms with Crippen molar-refractivity contribution in [3.63, 3.8) is 0 Å². The molecular formula is C13H9BrN2O. The highest BCUT2D eigenvalue weighted by molar-refractivity contribution is 9.10. The van der Waals surface area contributed by atoms with Crippen LogP contribution in [0.3, 0.4) is 0 Å². The normalized spacial score (nSPS) is 17.7. The maximum absolute atomic E-state index is 11.8. The van der Waals surface area contributed by atoms with Gasteiger partial charge < -0.3 is 5.32 Å². The Hall–Kier alpha value is -1.68. The Kier molecular flexibility index (Phi) is 2.44. The van der Waals surface area contributed by atoms with E-state index in [2.05, 4.69) is 26.2 Å². The Bertz CT molecular complexity index is 580. The lowest BCUT2D eigenvalue weighted by molar-refractivity contribution is 0.0960. The van der Waals surface area contributed by atoms with Crippen LogP contribution in [0.4, 0.5) is 0 Å².